The second kappa shape index (κ2) is 5.74. The van der Waals surface area contributed by atoms with Gasteiger partial charge in [0.05, 0.1) is 0 Å². The fourth-order valence-electron chi connectivity index (χ4n) is 0.910. The number of hydrogen-bond donors (Lipinski definition) is 0. The summed E-state index contributed by atoms with van der Waals surface area (Å²) in [5, 5.41) is 0. The zero-order valence-electron chi connectivity index (χ0n) is 9.46. The van der Waals surface area contributed by atoms with E-state index in [1.54, 1.807) is 0 Å². The summed E-state index contributed by atoms with van der Waals surface area (Å²) >= 11 is 0. The van der Waals surface area contributed by atoms with Crippen molar-refractivity contribution >= 4 is 5.71 Å². The Morgan fingerprint density at radius 1 is 1.08 bits per heavy atom. The first-order valence-corrected chi connectivity index (χ1v) is 4.82. The van der Waals surface area contributed by atoms with E-state index >= 15 is 0 Å². The van der Waals surface area contributed by atoms with Crippen LogP contribution in [0.15, 0.2) is 29.3 Å². The number of aliphatic imine (C=N–C) groups is 1. The summed E-state index contributed by atoms with van der Waals surface area (Å²) in [4.78, 5) is 4.21. The third kappa shape index (κ3) is 4.66. The molecule has 0 aromatic heterocycles. The molecule has 0 aliphatic rings. The van der Waals surface area contributed by atoms with Crippen molar-refractivity contribution in [2.24, 2.45) is 16.8 Å². The van der Waals surface area contributed by atoms with Crippen molar-refractivity contribution in [1.29, 1.82) is 0 Å². The fourth-order valence-corrected chi connectivity index (χ4v) is 0.910. The Morgan fingerprint density at radius 2 is 1.62 bits per heavy atom. The third-order valence-corrected chi connectivity index (χ3v) is 2.06. The molecule has 1 heteroatoms. The van der Waals surface area contributed by atoms with Crippen LogP contribution in [0, 0.1) is 11.8 Å². The second-order valence-electron chi connectivity index (χ2n) is 3.87. The minimum atomic E-state index is 0.487. The van der Waals surface area contributed by atoms with Crippen LogP contribution < -0.4 is 0 Å². The van der Waals surface area contributed by atoms with Crippen LogP contribution in [0.25, 0.3) is 0 Å². The van der Waals surface area contributed by atoms with Gasteiger partial charge in [0.15, 0.2) is 0 Å². The van der Waals surface area contributed by atoms with Gasteiger partial charge in [0, 0.05) is 12.8 Å². The van der Waals surface area contributed by atoms with E-state index in [0.29, 0.717) is 11.8 Å². The molecule has 0 saturated carbocycles. The molecular weight excluding hydrogens is 158 g/mol. The molecular formula is C12H21N. The molecule has 13 heavy (non-hydrogen) atoms. The molecule has 0 aliphatic carbocycles. The first-order valence-electron chi connectivity index (χ1n) is 4.82. The van der Waals surface area contributed by atoms with Crippen LogP contribution in [0.1, 0.15) is 27.7 Å². The Morgan fingerprint density at radius 3 is 1.92 bits per heavy atom. The maximum atomic E-state index is 4.21. The van der Waals surface area contributed by atoms with Gasteiger partial charge in [-0.25, -0.2) is 0 Å². The Bertz CT molecular complexity index is 219. The van der Waals surface area contributed by atoms with Crippen molar-refractivity contribution in [1.82, 2.24) is 0 Å². The Labute approximate surface area is 82.3 Å². The van der Waals surface area contributed by atoms with E-state index in [4.69, 9.17) is 0 Å². The zero-order valence-corrected chi connectivity index (χ0v) is 9.46. The minimum absolute atomic E-state index is 0.487. The van der Waals surface area contributed by atoms with E-state index in [1.165, 1.54) is 0 Å². The van der Waals surface area contributed by atoms with Gasteiger partial charge in [-0.1, -0.05) is 45.9 Å². The predicted octanol–water partition coefficient (Wildman–Crippen LogP) is 3.48. The van der Waals surface area contributed by atoms with E-state index in [-0.39, 0.29) is 0 Å². The van der Waals surface area contributed by atoms with Gasteiger partial charge in [-0.05, 0) is 17.9 Å². The van der Waals surface area contributed by atoms with Gasteiger partial charge in [-0.2, -0.15) is 0 Å². The average molecular weight is 179 g/mol. The fraction of sp³-hybridized carbons (Fsp3) is 0.583. The summed E-state index contributed by atoms with van der Waals surface area (Å²) in [5.74, 6) is 1.00. The van der Waals surface area contributed by atoms with Gasteiger partial charge in [-0.15, -0.1) is 0 Å². The highest BCUT2D eigenvalue weighted by molar-refractivity contribution is 5.96. The Balaban J connectivity index is 4.34. The van der Waals surface area contributed by atoms with Crippen molar-refractivity contribution in [2.45, 2.75) is 27.7 Å². The molecule has 0 spiro atoms. The lowest BCUT2D eigenvalue weighted by Gasteiger charge is -2.06. The van der Waals surface area contributed by atoms with E-state index in [9.17, 15) is 0 Å². The van der Waals surface area contributed by atoms with E-state index in [1.807, 2.05) is 7.05 Å². The summed E-state index contributed by atoms with van der Waals surface area (Å²) in [6, 6.07) is 0. The summed E-state index contributed by atoms with van der Waals surface area (Å²) in [6.45, 7) is 12.6. The van der Waals surface area contributed by atoms with E-state index in [0.717, 1.165) is 11.3 Å². The van der Waals surface area contributed by atoms with Gasteiger partial charge >= 0.3 is 0 Å². The molecule has 0 aromatic carbocycles. The molecule has 1 nitrogen and oxygen atoms in total. The van der Waals surface area contributed by atoms with Gasteiger partial charge in [0.25, 0.3) is 0 Å². The average Bonchev–Trinajstić information content (AvgIpc) is 2.04. The van der Waals surface area contributed by atoms with Crippen molar-refractivity contribution < 1.29 is 0 Å². The monoisotopic (exact) mass is 179 g/mol. The third-order valence-electron chi connectivity index (χ3n) is 2.06. The second-order valence-corrected chi connectivity index (χ2v) is 3.87. The van der Waals surface area contributed by atoms with Crippen molar-refractivity contribution in [3.8, 4) is 0 Å². The zero-order chi connectivity index (χ0) is 10.4. The summed E-state index contributed by atoms with van der Waals surface area (Å²) in [7, 11) is 1.83. The maximum absolute atomic E-state index is 4.21. The summed E-state index contributed by atoms with van der Waals surface area (Å²) < 4.78 is 0. The molecule has 0 saturated heterocycles. The molecule has 0 radical (unpaired) electrons. The first kappa shape index (κ1) is 12.2. The molecule has 74 valence electrons. The Kier molecular flexibility index (Phi) is 5.36. The molecule has 0 fully saturated rings. The van der Waals surface area contributed by atoms with Crippen molar-refractivity contribution in [3.63, 3.8) is 0 Å². The van der Waals surface area contributed by atoms with Crippen LogP contribution in [0.2, 0.25) is 0 Å². The number of rotatable bonds is 4. The highest BCUT2D eigenvalue weighted by atomic mass is 14.7. The van der Waals surface area contributed by atoms with Gasteiger partial charge in [0.2, 0.25) is 0 Å². The van der Waals surface area contributed by atoms with Crippen molar-refractivity contribution in [3.05, 3.63) is 24.3 Å². The molecule has 0 rings (SSSR count). The van der Waals surface area contributed by atoms with E-state index in [2.05, 4.69) is 51.4 Å². The largest absolute Gasteiger partial charge is 0.293 e. The predicted molar refractivity (Wildman–Crippen MR) is 61.3 cm³/mol. The highest BCUT2D eigenvalue weighted by Gasteiger charge is 2.00. The molecule has 0 bridgehead atoms. The van der Waals surface area contributed by atoms with Gasteiger partial charge in [-0.3, -0.25) is 4.99 Å². The normalized spacial score (nSPS) is 13.3. The molecule has 0 N–H and O–H groups in total. The molecule has 0 atom stereocenters. The van der Waals surface area contributed by atoms with E-state index < -0.39 is 0 Å². The van der Waals surface area contributed by atoms with Crippen LogP contribution >= 0.6 is 0 Å². The lowest BCUT2D eigenvalue weighted by molar-refractivity contribution is 0.795. The molecule has 0 heterocycles. The Hall–Kier alpha value is -0.850. The molecule has 0 aromatic rings. The van der Waals surface area contributed by atoms with Crippen LogP contribution in [-0.2, 0) is 0 Å². The number of allylic oxidation sites excluding steroid dienone is 3. The van der Waals surface area contributed by atoms with Crippen LogP contribution in [0.4, 0.5) is 0 Å². The topological polar surface area (TPSA) is 12.4 Å². The standard InChI is InChI=1S/C12H21N/c1-9(2)11(5)7-8-12(13-6)10(3)4/h7-10H,5H2,1-4,6H3/b8-7-,13-12+. The maximum Gasteiger partial charge on any atom is 0.0370 e. The lowest BCUT2D eigenvalue weighted by atomic mass is 10.0. The van der Waals surface area contributed by atoms with Gasteiger partial charge < -0.3 is 0 Å². The van der Waals surface area contributed by atoms with Crippen molar-refractivity contribution in [2.75, 3.05) is 7.05 Å². The number of nitrogens with zero attached hydrogens (tertiary/aromatic N) is 1. The smallest absolute Gasteiger partial charge is 0.0370 e. The number of hydrogen-bond acceptors (Lipinski definition) is 1. The van der Waals surface area contributed by atoms with Crippen LogP contribution in [0.5, 0.6) is 0 Å². The highest BCUT2D eigenvalue weighted by Crippen LogP contribution is 2.09. The van der Waals surface area contributed by atoms with Gasteiger partial charge in [0.1, 0.15) is 0 Å². The minimum Gasteiger partial charge on any atom is -0.293 e. The first-order chi connectivity index (χ1) is 5.99. The molecule has 0 unspecified atom stereocenters. The SMILES string of the molecule is C=C(/C=C\C(=N/C)C(C)C)C(C)C. The molecule has 0 amide bonds. The lowest BCUT2D eigenvalue weighted by Crippen LogP contribution is -2.03. The van der Waals surface area contributed by atoms with Crippen LogP contribution in [-0.4, -0.2) is 12.8 Å². The van der Waals surface area contributed by atoms with Crippen LogP contribution in [0.3, 0.4) is 0 Å². The summed E-state index contributed by atoms with van der Waals surface area (Å²) in [6.07, 6.45) is 4.12. The quantitative estimate of drug-likeness (QED) is 0.463. The summed E-state index contributed by atoms with van der Waals surface area (Å²) in [5.41, 5.74) is 2.28. The molecule has 0 aliphatic heterocycles.